The highest BCUT2D eigenvalue weighted by Gasteiger charge is 2.57. The highest BCUT2D eigenvalue weighted by molar-refractivity contribution is 6.04. The molecule has 1 atom stereocenters. The summed E-state index contributed by atoms with van der Waals surface area (Å²) in [7, 11) is 0. The highest BCUT2D eigenvalue weighted by Crippen LogP contribution is 2.46. The van der Waals surface area contributed by atoms with Crippen molar-refractivity contribution in [3.8, 4) is 5.75 Å². The zero-order valence-electron chi connectivity index (χ0n) is 11.7. The summed E-state index contributed by atoms with van der Waals surface area (Å²) in [6.45, 7) is 4.26. The van der Waals surface area contributed by atoms with Crippen LogP contribution < -0.4 is 10.1 Å². The van der Waals surface area contributed by atoms with Gasteiger partial charge < -0.3 is 15.2 Å². The van der Waals surface area contributed by atoms with Crippen molar-refractivity contribution in [1.82, 2.24) is 5.32 Å². The van der Waals surface area contributed by atoms with E-state index in [1.807, 2.05) is 38.1 Å². The molecule has 2 N–H and O–H groups in total. The topological polar surface area (TPSA) is 75.6 Å². The molecule has 1 aliphatic rings. The normalized spacial score (nSPS) is 17.1. The number of carbonyl (C=O) groups is 2. The molecule has 108 valence electrons. The van der Waals surface area contributed by atoms with Crippen LogP contribution in [0, 0.1) is 5.41 Å². The zero-order valence-corrected chi connectivity index (χ0v) is 11.7. The Morgan fingerprint density at radius 2 is 2.05 bits per heavy atom. The van der Waals surface area contributed by atoms with Gasteiger partial charge in [0.05, 0.1) is 12.6 Å². The molecular formula is C15H19NO4. The first-order chi connectivity index (χ1) is 9.51. The molecular weight excluding hydrogens is 258 g/mol. The van der Waals surface area contributed by atoms with Gasteiger partial charge in [-0.2, -0.15) is 0 Å². The van der Waals surface area contributed by atoms with E-state index in [4.69, 9.17) is 9.84 Å². The van der Waals surface area contributed by atoms with Gasteiger partial charge in [-0.25, -0.2) is 0 Å². The summed E-state index contributed by atoms with van der Waals surface area (Å²) in [6, 6.07) is 7.15. The van der Waals surface area contributed by atoms with Crippen LogP contribution in [0.2, 0.25) is 0 Å². The second-order valence-electron chi connectivity index (χ2n) is 5.05. The van der Waals surface area contributed by atoms with E-state index in [-0.39, 0.29) is 6.04 Å². The monoisotopic (exact) mass is 277 g/mol. The fraction of sp³-hybridized carbons (Fsp3) is 0.467. The van der Waals surface area contributed by atoms with Gasteiger partial charge in [-0.1, -0.05) is 18.2 Å². The van der Waals surface area contributed by atoms with Gasteiger partial charge in [0.2, 0.25) is 5.91 Å². The van der Waals surface area contributed by atoms with Gasteiger partial charge in [-0.3, -0.25) is 9.59 Å². The van der Waals surface area contributed by atoms with Crippen molar-refractivity contribution in [2.24, 2.45) is 5.41 Å². The number of hydrogen-bond acceptors (Lipinski definition) is 3. The quantitative estimate of drug-likeness (QED) is 0.781. The number of hydrogen-bond donors (Lipinski definition) is 2. The number of benzene rings is 1. The summed E-state index contributed by atoms with van der Waals surface area (Å²) in [6.07, 6.45) is 0.821. The number of rotatable bonds is 6. The first-order valence-electron chi connectivity index (χ1n) is 6.77. The number of carboxylic acids is 1. The fourth-order valence-electron chi connectivity index (χ4n) is 2.20. The first-order valence-corrected chi connectivity index (χ1v) is 6.77. The molecule has 0 aliphatic heterocycles. The van der Waals surface area contributed by atoms with Crippen molar-refractivity contribution >= 4 is 11.9 Å². The minimum absolute atomic E-state index is 0.290. The lowest BCUT2D eigenvalue weighted by atomic mass is 10.0. The lowest BCUT2D eigenvalue weighted by molar-refractivity contribution is -0.149. The third-order valence-corrected chi connectivity index (χ3v) is 3.63. The van der Waals surface area contributed by atoms with E-state index in [1.54, 1.807) is 0 Å². The maximum absolute atomic E-state index is 12.1. The van der Waals surface area contributed by atoms with Gasteiger partial charge in [-0.15, -0.1) is 0 Å². The van der Waals surface area contributed by atoms with Gasteiger partial charge in [0.15, 0.2) is 0 Å². The number of carboxylic acid groups (broad SMARTS) is 1. The number of nitrogens with one attached hydrogen (secondary N) is 1. The summed E-state index contributed by atoms with van der Waals surface area (Å²) in [5.41, 5.74) is -0.363. The van der Waals surface area contributed by atoms with Crippen molar-refractivity contribution in [2.45, 2.75) is 32.7 Å². The second kappa shape index (κ2) is 5.53. The van der Waals surface area contributed by atoms with Gasteiger partial charge in [0, 0.05) is 5.56 Å². The number of carbonyl (C=O) groups excluding carboxylic acids is 1. The fourth-order valence-corrected chi connectivity index (χ4v) is 2.20. The number of ether oxygens (including phenoxy) is 1. The summed E-state index contributed by atoms with van der Waals surface area (Å²) < 4.78 is 5.52. The molecule has 1 amide bonds. The minimum Gasteiger partial charge on any atom is -0.494 e. The van der Waals surface area contributed by atoms with Crippen molar-refractivity contribution in [1.29, 1.82) is 0 Å². The van der Waals surface area contributed by atoms with Gasteiger partial charge >= 0.3 is 5.97 Å². The Labute approximate surface area is 117 Å². The van der Waals surface area contributed by atoms with E-state index in [2.05, 4.69) is 5.32 Å². The van der Waals surface area contributed by atoms with Crippen molar-refractivity contribution in [2.75, 3.05) is 6.61 Å². The van der Waals surface area contributed by atoms with E-state index in [0.717, 1.165) is 5.56 Å². The lowest BCUT2D eigenvalue weighted by Crippen LogP contribution is -2.38. The Kier molecular flexibility index (Phi) is 3.97. The molecule has 0 aromatic heterocycles. The van der Waals surface area contributed by atoms with Crippen LogP contribution in [-0.2, 0) is 9.59 Å². The number of aliphatic carboxylic acids is 1. The number of amides is 1. The second-order valence-corrected chi connectivity index (χ2v) is 5.05. The molecule has 1 saturated carbocycles. The molecule has 5 heteroatoms. The molecule has 1 aromatic carbocycles. The minimum atomic E-state index is -1.21. The van der Waals surface area contributed by atoms with E-state index in [9.17, 15) is 9.59 Å². The van der Waals surface area contributed by atoms with Crippen LogP contribution in [0.15, 0.2) is 24.3 Å². The van der Waals surface area contributed by atoms with Crippen LogP contribution in [0.1, 0.15) is 38.3 Å². The van der Waals surface area contributed by atoms with Crippen molar-refractivity contribution in [3.05, 3.63) is 29.8 Å². The van der Waals surface area contributed by atoms with Crippen LogP contribution in [0.4, 0.5) is 0 Å². The Morgan fingerprint density at radius 3 is 2.60 bits per heavy atom. The van der Waals surface area contributed by atoms with Crippen molar-refractivity contribution < 1.29 is 19.4 Å². The summed E-state index contributed by atoms with van der Waals surface area (Å²) in [4.78, 5) is 23.2. The molecule has 1 aromatic rings. The predicted octanol–water partition coefficient (Wildman–Crippen LogP) is 2.13. The molecule has 0 radical (unpaired) electrons. The predicted molar refractivity (Wildman–Crippen MR) is 73.5 cm³/mol. The third kappa shape index (κ3) is 2.61. The molecule has 1 fully saturated rings. The van der Waals surface area contributed by atoms with Crippen LogP contribution >= 0.6 is 0 Å². The molecule has 0 spiro atoms. The lowest BCUT2D eigenvalue weighted by Gasteiger charge is -2.20. The Hall–Kier alpha value is -2.04. The Morgan fingerprint density at radius 1 is 1.40 bits per heavy atom. The maximum atomic E-state index is 12.1. The first kappa shape index (κ1) is 14.4. The van der Waals surface area contributed by atoms with Crippen LogP contribution in [-0.4, -0.2) is 23.6 Å². The molecule has 1 unspecified atom stereocenters. The summed E-state index contributed by atoms with van der Waals surface area (Å²) in [5.74, 6) is -0.743. The van der Waals surface area contributed by atoms with Crippen LogP contribution in [0.25, 0.3) is 0 Å². The van der Waals surface area contributed by atoms with Gasteiger partial charge in [0.25, 0.3) is 0 Å². The summed E-state index contributed by atoms with van der Waals surface area (Å²) in [5, 5.41) is 11.9. The molecule has 0 bridgehead atoms. The maximum Gasteiger partial charge on any atom is 0.319 e. The standard InChI is InChI=1S/C15H19NO4/c1-3-20-12-7-5-4-6-11(12)10(2)16-13(17)15(8-9-15)14(18)19/h4-7,10H,3,8-9H2,1-2H3,(H,16,17)(H,18,19). The van der Waals surface area contributed by atoms with E-state index in [0.29, 0.717) is 25.2 Å². The molecule has 0 saturated heterocycles. The van der Waals surface area contributed by atoms with E-state index >= 15 is 0 Å². The van der Waals surface area contributed by atoms with Gasteiger partial charge in [-0.05, 0) is 32.8 Å². The van der Waals surface area contributed by atoms with Crippen LogP contribution in [0.3, 0.4) is 0 Å². The molecule has 20 heavy (non-hydrogen) atoms. The molecule has 0 heterocycles. The Balaban J connectivity index is 2.11. The van der Waals surface area contributed by atoms with E-state index in [1.165, 1.54) is 0 Å². The average molecular weight is 277 g/mol. The largest absolute Gasteiger partial charge is 0.494 e. The van der Waals surface area contributed by atoms with Crippen molar-refractivity contribution in [3.63, 3.8) is 0 Å². The highest BCUT2D eigenvalue weighted by atomic mass is 16.5. The van der Waals surface area contributed by atoms with E-state index < -0.39 is 17.3 Å². The SMILES string of the molecule is CCOc1ccccc1C(C)NC(=O)C1(C(=O)O)CC1. The number of para-hydroxylation sites is 1. The average Bonchev–Trinajstić information content (AvgIpc) is 3.21. The third-order valence-electron chi connectivity index (χ3n) is 3.63. The smallest absolute Gasteiger partial charge is 0.319 e. The van der Waals surface area contributed by atoms with Crippen LogP contribution in [0.5, 0.6) is 5.75 Å². The zero-order chi connectivity index (χ0) is 14.8. The molecule has 1 aliphatic carbocycles. The molecule has 5 nitrogen and oxygen atoms in total. The molecule has 2 rings (SSSR count). The van der Waals surface area contributed by atoms with Gasteiger partial charge in [0.1, 0.15) is 11.2 Å². The Bertz CT molecular complexity index is 522. The summed E-state index contributed by atoms with van der Waals surface area (Å²) >= 11 is 0.